The maximum absolute atomic E-state index is 12.1. The van der Waals surface area contributed by atoms with Gasteiger partial charge >= 0.3 is 0 Å². The lowest BCUT2D eigenvalue weighted by atomic mass is 10.1. The van der Waals surface area contributed by atoms with E-state index in [1.54, 1.807) is 6.92 Å². The van der Waals surface area contributed by atoms with E-state index >= 15 is 0 Å². The summed E-state index contributed by atoms with van der Waals surface area (Å²) in [5, 5.41) is 13.4. The van der Waals surface area contributed by atoms with E-state index in [0.29, 0.717) is 49.5 Å². The van der Waals surface area contributed by atoms with Crippen LogP contribution in [0.25, 0.3) is 0 Å². The molecule has 2 aliphatic rings. The molecular formula is C25H35N5O3. The number of rotatable bonds is 10. The molecule has 0 spiro atoms. The van der Waals surface area contributed by atoms with Crippen molar-refractivity contribution in [2.45, 2.75) is 58.8 Å². The zero-order valence-corrected chi connectivity index (χ0v) is 19.6. The Bertz CT molecular complexity index is 979. The maximum atomic E-state index is 12.1. The van der Waals surface area contributed by atoms with Gasteiger partial charge in [-0.1, -0.05) is 37.6 Å². The molecule has 8 nitrogen and oxygen atoms in total. The largest absolute Gasteiger partial charge is 0.478 e. The van der Waals surface area contributed by atoms with Crippen molar-refractivity contribution in [1.82, 2.24) is 9.88 Å². The van der Waals surface area contributed by atoms with Crippen LogP contribution in [0.3, 0.4) is 0 Å². The number of ether oxygens (including phenoxy) is 1. The van der Waals surface area contributed by atoms with Crippen LogP contribution < -0.4 is 20.7 Å². The molecule has 1 saturated carbocycles. The van der Waals surface area contributed by atoms with Crippen LogP contribution in [0.4, 0.5) is 17.2 Å². The van der Waals surface area contributed by atoms with Gasteiger partial charge in [-0.05, 0) is 36.3 Å². The molecule has 1 aliphatic heterocycles. The second-order valence-corrected chi connectivity index (χ2v) is 9.15. The molecule has 1 unspecified atom stereocenters. The summed E-state index contributed by atoms with van der Waals surface area (Å²) in [6.45, 7) is 6.81. The van der Waals surface area contributed by atoms with Crippen molar-refractivity contribution in [2.24, 2.45) is 5.92 Å². The van der Waals surface area contributed by atoms with Crippen molar-refractivity contribution >= 4 is 23.1 Å². The average Bonchev–Trinajstić information content (AvgIpc) is 3.59. The molecule has 1 aromatic carbocycles. The fourth-order valence-electron chi connectivity index (χ4n) is 4.17. The van der Waals surface area contributed by atoms with Crippen molar-refractivity contribution in [3.05, 3.63) is 41.5 Å². The summed E-state index contributed by atoms with van der Waals surface area (Å²) in [5.41, 5.74) is 9.89. The minimum atomic E-state index is -0.747. The number of amides is 1. The van der Waals surface area contributed by atoms with Gasteiger partial charge in [-0.25, -0.2) is 0 Å². The summed E-state index contributed by atoms with van der Waals surface area (Å²) in [5.74, 6) is 1.58. The summed E-state index contributed by atoms with van der Waals surface area (Å²) in [6, 6.07) is 10.2. The average molecular weight is 454 g/mol. The number of aromatic nitrogens is 1. The predicted molar refractivity (Wildman–Crippen MR) is 130 cm³/mol. The molecule has 2 heterocycles. The minimum Gasteiger partial charge on any atom is -0.478 e. The highest BCUT2D eigenvalue weighted by atomic mass is 16.5. The molecular weight excluding hydrogens is 418 g/mol. The van der Waals surface area contributed by atoms with Gasteiger partial charge in [0.25, 0.3) is 0 Å². The van der Waals surface area contributed by atoms with Crippen molar-refractivity contribution in [3.8, 4) is 5.88 Å². The predicted octanol–water partition coefficient (Wildman–Crippen LogP) is 3.35. The fraction of sp³-hybridized carbons (Fsp3) is 0.520. The number of hydrogen-bond donors (Lipinski definition) is 3. The van der Waals surface area contributed by atoms with Gasteiger partial charge in [-0.3, -0.25) is 4.79 Å². The molecule has 1 amide bonds. The quantitative estimate of drug-likeness (QED) is 0.474. The highest BCUT2D eigenvalue weighted by molar-refractivity contribution is 5.82. The normalized spacial score (nSPS) is 17.3. The molecule has 1 fully saturated rings. The molecule has 4 N–H and O–H groups in total. The van der Waals surface area contributed by atoms with Crippen molar-refractivity contribution in [1.29, 1.82) is 0 Å². The van der Waals surface area contributed by atoms with E-state index in [2.05, 4.69) is 40.3 Å². The van der Waals surface area contributed by atoms with Crippen LogP contribution in [0.2, 0.25) is 0 Å². The maximum Gasteiger partial charge on any atom is 0.219 e. The van der Waals surface area contributed by atoms with E-state index in [-0.39, 0.29) is 5.91 Å². The third kappa shape index (κ3) is 6.07. The Morgan fingerprint density at radius 2 is 2.12 bits per heavy atom. The first-order valence-corrected chi connectivity index (χ1v) is 11.9. The molecule has 0 saturated heterocycles. The number of benzene rings is 1. The van der Waals surface area contributed by atoms with Crippen LogP contribution in [0.15, 0.2) is 30.3 Å². The van der Waals surface area contributed by atoms with Gasteiger partial charge in [0.05, 0.1) is 18.8 Å². The highest BCUT2D eigenvalue weighted by Gasteiger charge is 2.27. The van der Waals surface area contributed by atoms with Crippen molar-refractivity contribution in [2.75, 3.05) is 35.6 Å². The Balaban J connectivity index is 1.52. The number of nitrogens with two attached hydrogens (primary N) is 1. The lowest BCUT2D eigenvalue weighted by Crippen LogP contribution is -2.41. The third-order valence-electron chi connectivity index (χ3n) is 6.16. The number of nitrogens with zero attached hydrogens (tertiary/aromatic N) is 3. The number of unbranched alkanes of at least 4 members (excludes halogenated alkanes) is 1. The Kier molecular flexibility index (Phi) is 7.23. The molecule has 2 aromatic rings. The topological polar surface area (TPSA) is 104 Å². The number of pyridine rings is 1. The molecule has 0 radical (unpaired) electrons. The van der Waals surface area contributed by atoms with Crippen molar-refractivity contribution < 1.29 is 14.6 Å². The smallest absolute Gasteiger partial charge is 0.219 e. The molecule has 0 bridgehead atoms. The number of carbonyl (C=O) groups is 1. The van der Waals surface area contributed by atoms with E-state index < -0.39 is 6.23 Å². The summed E-state index contributed by atoms with van der Waals surface area (Å²) in [6.07, 6.45) is 3.68. The SMILES string of the molecule is CCCCOc1cc2c(c(N)n1)NC(O)CN2Cc1cccc(CN(CC2CC2)C(C)=O)c1. The van der Waals surface area contributed by atoms with Gasteiger partial charge in [0.1, 0.15) is 11.9 Å². The van der Waals surface area contributed by atoms with Gasteiger partial charge in [0.15, 0.2) is 5.82 Å². The van der Waals surface area contributed by atoms with Gasteiger partial charge in [-0.2, -0.15) is 4.98 Å². The molecule has 4 rings (SSSR count). The first-order chi connectivity index (χ1) is 15.9. The minimum absolute atomic E-state index is 0.116. The summed E-state index contributed by atoms with van der Waals surface area (Å²) in [7, 11) is 0. The molecule has 178 valence electrons. The number of hydrogen-bond acceptors (Lipinski definition) is 7. The van der Waals surface area contributed by atoms with E-state index in [0.717, 1.165) is 36.2 Å². The van der Waals surface area contributed by atoms with Gasteiger partial charge in [-0.15, -0.1) is 0 Å². The number of aliphatic hydroxyl groups excluding tert-OH is 1. The summed E-state index contributed by atoms with van der Waals surface area (Å²) in [4.78, 5) is 20.5. The standard InChI is InChI=1S/C25H35N5O3/c1-3-4-10-33-23-12-21-24(25(26)28-23)27-22(32)16-30(21)15-20-7-5-6-19(11-20)14-29(17(2)31)13-18-8-9-18/h5-7,11-12,18,22,27,32H,3-4,8-10,13-16H2,1-2H3,(H2,26,28). The number of nitrogens with one attached hydrogen (secondary N) is 1. The third-order valence-corrected chi connectivity index (χ3v) is 6.16. The van der Waals surface area contributed by atoms with Crippen LogP contribution in [0.5, 0.6) is 5.88 Å². The fourth-order valence-corrected chi connectivity index (χ4v) is 4.17. The number of β-amino-alcohol motifs (C(OH)–C–C–N with tert-alkyl or cyclic N) is 1. The zero-order valence-electron chi connectivity index (χ0n) is 19.6. The molecule has 33 heavy (non-hydrogen) atoms. The van der Waals surface area contributed by atoms with Crippen LogP contribution in [-0.2, 0) is 17.9 Å². The zero-order chi connectivity index (χ0) is 23.4. The number of aliphatic hydroxyl groups is 1. The van der Waals surface area contributed by atoms with Crippen LogP contribution in [0.1, 0.15) is 50.7 Å². The second-order valence-electron chi connectivity index (χ2n) is 9.15. The van der Waals surface area contributed by atoms with Gasteiger partial charge in [0, 0.05) is 32.6 Å². The van der Waals surface area contributed by atoms with E-state index in [1.165, 1.54) is 12.8 Å². The Morgan fingerprint density at radius 1 is 1.33 bits per heavy atom. The molecule has 1 aliphatic carbocycles. The Labute approximate surface area is 195 Å². The van der Waals surface area contributed by atoms with E-state index in [9.17, 15) is 9.90 Å². The van der Waals surface area contributed by atoms with E-state index in [1.807, 2.05) is 17.0 Å². The first kappa shape index (κ1) is 23.2. The Hall–Kier alpha value is -3.00. The van der Waals surface area contributed by atoms with Crippen molar-refractivity contribution in [3.63, 3.8) is 0 Å². The lowest BCUT2D eigenvalue weighted by molar-refractivity contribution is -0.129. The first-order valence-electron chi connectivity index (χ1n) is 11.9. The monoisotopic (exact) mass is 453 g/mol. The van der Waals surface area contributed by atoms with Crippen LogP contribution >= 0.6 is 0 Å². The summed E-state index contributed by atoms with van der Waals surface area (Å²) < 4.78 is 5.80. The van der Waals surface area contributed by atoms with Gasteiger partial charge in [0.2, 0.25) is 11.8 Å². The number of carbonyl (C=O) groups excluding carboxylic acids is 1. The Morgan fingerprint density at radius 3 is 2.85 bits per heavy atom. The number of anilines is 3. The number of nitrogen functional groups attached to an aromatic ring is 1. The molecule has 8 heteroatoms. The molecule has 1 atom stereocenters. The number of fused-ring (bicyclic) bond motifs is 1. The van der Waals surface area contributed by atoms with E-state index in [4.69, 9.17) is 10.5 Å². The lowest BCUT2D eigenvalue weighted by Gasteiger charge is -2.35. The second kappa shape index (κ2) is 10.3. The summed E-state index contributed by atoms with van der Waals surface area (Å²) >= 11 is 0. The van der Waals surface area contributed by atoms with Crippen LogP contribution in [0, 0.1) is 5.92 Å². The molecule has 1 aromatic heterocycles. The van der Waals surface area contributed by atoms with Crippen LogP contribution in [-0.4, -0.2) is 46.8 Å². The highest BCUT2D eigenvalue weighted by Crippen LogP contribution is 2.38. The van der Waals surface area contributed by atoms with Gasteiger partial charge < -0.3 is 30.7 Å².